The van der Waals surface area contributed by atoms with Crippen LogP contribution in [0.15, 0.2) is 60.7 Å². The third-order valence-corrected chi connectivity index (χ3v) is 5.04. The van der Waals surface area contributed by atoms with Gasteiger partial charge in [0.2, 0.25) is 5.91 Å². The summed E-state index contributed by atoms with van der Waals surface area (Å²) in [4.78, 5) is 40.0. The molecule has 2 atom stereocenters. The third-order valence-electron chi connectivity index (χ3n) is 5.04. The Balaban J connectivity index is 2.23. The first-order valence-corrected chi connectivity index (χ1v) is 10.9. The smallest absolute Gasteiger partial charge is 0.328 e. The summed E-state index contributed by atoms with van der Waals surface area (Å²) in [6.45, 7) is 6.23. The van der Waals surface area contributed by atoms with Crippen LogP contribution in [0.1, 0.15) is 32.8 Å². The van der Waals surface area contributed by atoms with Gasteiger partial charge in [-0.15, -0.1) is 0 Å². The molecule has 7 heteroatoms. The van der Waals surface area contributed by atoms with Gasteiger partial charge in [0.15, 0.2) is 0 Å². The number of benzene rings is 2. The van der Waals surface area contributed by atoms with E-state index in [0.29, 0.717) is 19.4 Å². The summed E-state index contributed by atoms with van der Waals surface area (Å²) in [6.07, 6.45) is 0.732. The van der Waals surface area contributed by atoms with Crippen LogP contribution in [0.4, 0.5) is 10.5 Å². The number of nitrogens with one attached hydrogen (secondary N) is 2. The van der Waals surface area contributed by atoms with Crippen molar-refractivity contribution in [1.82, 2.24) is 10.6 Å². The molecule has 2 N–H and O–H groups in total. The van der Waals surface area contributed by atoms with Crippen molar-refractivity contribution in [3.05, 3.63) is 66.2 Å². The first-order valence-electron chi connectivity index (χ1n) is 10.9. The van der Waals surface area contributed by atoms with Gasteiger partial charge in [0.1, 0.15) is 12.1 Å². The van der Waals surface area contributed by atoms with Gasteiger partial charge in [-0.3, -0.25) is 9.69 Å². The summed E-state index contributed by atoms with van der Waals surface area (Å²) in [5, 5.41) is 5.63. The molecule has 0 heterocycles. The van der Waals surface area contributed by atoms with E-state index in [9.17, 15) is 14.4 Å². The van der Waals surface area contributed by atoms with Crippen molar-refractivity contribution in [1.29, 1.82) is 0 Å². The number of carbonyl (C=O) groups is 3. The van der Waals surface area contributed by atoms with Crippen molar-refractivity contribution in [2.75, 3.05) is 18.6 Å². The van der Waals surface area contributed by atoms with Gasteiger partial charge in [0.05, 0.1) is 7.11 Å². The summed E-state index contributed by atoms with van der Waals surface area (Å²) >= 11 is 0. The maximum absolute atomic E-state index is 13.2. The molecule has 0 aliphatic heterocycles. The Labute approximate surface area is 190 Å². The van der Waals surface area contributed by atoms with Crippen LogP contribution in [-0.2, 0) is 20.7 Å². The lowest BCUT2D eigenvalue weighted by Crippen LogP contribution is -2.55. The topological polar surface area (TPSA) is 87.7 Å². The summed E-state index contributed by atoms with van der Waals surface area (Å²) in [5.74, 6) is -0.756. The molecule has 0 aliphatic carbocycles. The van der Waals surface area contributed by atoms with Crippen molar-refractivity contribution in [2.45, 2.75) is 45.7 Å². The standard InChI is InChI=1S/C25H33N3O4/c1-5-28(20-14-10-7-11-15-20)25(31)27-21(17-19-12-8-6-9-13-19)23(29)26-22(16-18(2)3)24(30)32-4/h6-15,18,21-22H,5,16-17H2,1-4H3,(H,26,29)(H,27,31)/t21-,22-/m1/s1. The first kappa shape index (κ1) is 24.9. The van der Waals surface area contributed by atoms with E-state index in [1.54, 1.807) is 4.90 Å². The van der Waals surface area contributed by atoms with Gasteiger partial charge in [0, 0.05) is 18.7 Å². The molecule has 0 bridgehead atoms. The van der Waals surface area contributed by atoms with E-state index in [2.05, 4.69) is 10.6 Å². The highest BCUT2D eigenvalue weighted by Gasteiger charge is 2.29. The van der Waals surface area contributed by atoms with Crippen LogP contribution in [-0.4, -0.2) is 43.6 Å². The van der Waals surface area contributed by atoms with Crippen LogP contribution in [0.2, 0.25) is 0 Å². The molecule has 0 fully saturated rings. The highest BCUT2D eigenvalue weighted by Crippen LogP contribution is 2.14. The van der Waals surface area contributed by atoms with E-state index in [-0.39, 0.29) is 11.9 Å². The molecule has 32 heavy (non-hydrogen) atoms. The second-order valence-electron chi connectivity index (χ2n) is 7.99. The summed E-state index contributed by atoms with van der Waals surface area (Å²) in [7, 11) is 1.30. The number of hydrogen-bond donors (Lipinski definition) is 2. The number of rotatable bonds is 10. The van der Waals surface area contributed by atoms with Crippen LogP contribution in [0, 0.1) is 5.92 Å². The molecule has 0 aromatic heterocycles. The fourth-order valence-corrected chi connectivity index (χ4v) is 3.44. The number of urea groups is 1. The van der Waals surface area contributed by atoms with E-state index in [1.165, 1.54) is 7.11 Å². The molecule has 2 aromatic carbocycles. The van der Waals surface area contributed by atoms with Crippen LogP contribution in [0.5, 0.6) is 0 Å². The minimum atomic E-state index is -0.859. The van der Waals surface area contributed by atoms with E-state index in [0.717, 1.165) is 11.3 Å². The van der Waals surface area contributed by atoms with Crippen molar-refractivity contribution in [3.8, 4) is 0 Å². The van der Waals surface area contributed by atoms with E-state index >= 15 is 0 Å². The number of hydrogen-bond acceptors (Lipinski definition) is 4. The lowest BCUT2D eigenvalue weighted by atomic mass is 10.0. The monoisotopic (exact) mass is 439 g/mol. The van der Waals surface area contributed by atoms with Crippen LogP contribution in [0.25, 0.3) is 0 Å². The van der Waals surface area contributed by atoms with E-state index in [4.69, 9.17) is 4.74 Å². The molecule has 0 spiro atoms. The Morgan fingerprint density at radius 2 is 1.50 bits per heavy atom. The largest absolute Gasteiger partial charge is 0.467 e. The molecule has 0 saturated carbocycles. The SMILES string of the molecule is CCN(C(=O)N[C@H](Cc1ccccc1)C(=O)N[C@H](CC(C)C)C(=O)OC)c1ccccc1. The lowest BCUT2D eigenvalue weighted by Gasteiger charge is -2.27. The summed E-state index contributed by atoms with van der Waals surface area (Å²) in [5.41, 5.74) is 1.63. The fourth-order valence-electron chi connectivity index (χ4n) is 3.44. The highest BCUT2D eigenvalue weighted by molar-refractivity contribution is 5.96. The fraction of sp³-hybridized carbons (Fsp3) is 0.400. The van der Waals surface area contributed by atoms with Gasteiger partial charge in [-0.05, 0) is 37.0 Å². The van der Waals surface area contributed by atoms with Crippen molar-refractivity contribution in [2.24, 2.45) is 5.92 Å². The molecular formula is C25H33N3O4. The third kappa shape index (κ3) is 7.41. The second kappa shape index (κ2) is 12.5. The van der Waals surface area contributed by atoms with Crippen molar-refractivity contribution in [3.63, 3.8) is 0 Å². The number of anilines is 1. The molecule has 2 rings (SSSR count). The Kier molecular flexibility index (Phi) is 9.73. The average Bonchev–Trinajstić information content (AvgIpc) is 2.79. The maximum atomic E-state index is 13.2. The summed E-state index contributed by atoms with van der Waals surface area (Å²) < 4.78 is 4.86. The predicted molar refractivity (Wildman–Crippen MR) is 125 cm³/mol. The predicted octanol–water partition coefficient (Wildman–Crippen LogP) is 3.54. The molecular weight excluding hydrogens is 406 g/mol. The Morgan fingerprint density at radius 3 is 2.03 bits per heavy atom. The van der Waals surface area contributed by atoms with Crippen LogP contribution < -0.4 is 15.5 Å². The summed E-state index contributed by atoms with van der Waals surface area (Å²) in [6, 6.07) is 16.7. The van der Waals surface area contributed by atoms with Gasteiger partial charge < -0.3 is 15.4 Å². The van der Waals surface area contributed by atoms with Gasteiger partial charge in [0.25, 0.3) is 0 Å². The first-order chi connectivity index (χ1) is 15.3. The minimum Gasteiger partial charge on any atom is -0.467 e. The highest BCUT2D eigenvalue weighted by atomic mass is 16.5. The van der Waals surface area contributed by atoms with Gasteiger partial charge in [-0.25, -0.2) is 9.59 Å². The second-order valence-corrected chi connectivity index (χ2v) is 7.99. The molecule has 172 valence electrons. The molecule has 0 saturated heterocycles. The molecule has 7 nitrogen and oxygen atoms in total. The van der Waals surface area contributed by atoms with Gasteiger partial charge in [-0.1, -0.05) is 62.4 Å². The quantitative estimate of drug-likeness (QED) is 0.555. The molecule has 0 unspecified atom stereocenters. The van der Waals surface area contributed by atoms with Crippen molar-refractivity contribution >= 4 is 23.6 Å². The number of amides is 3. The lowest BCUT2D eigenvalue weighted by molar-refractivity contribution is -0.145. The number of carbonyl (C=O) groups excluding carboxylic acids is 3. The zero-order chi connectivity index (χ0) is 23.5. The molecule has 3 amide bonds. The number of methoxy groups -OCH3 is 1. The van der Waals surface area contributed by atoms with Gasteiger partial charge in [-0.2, -0.15) is 0 Å². The number of esters is 1. The van der Waals surface area contributed by atoms with E-state index < -0.39 is 24.0 Å². The van der Waals surface area contributed by atoms with Crippen LogP contribution >= 0.6 is 0 Å². The Morgan fingerprint density at radius 1 is 0.906 bits per heavy atom. The number of ether oxygens (including phenoxy) is 1. The average molecular weight is 440 g/mol. The normalized spacial score (nSPS) is 12.5. The van der Waals surface area contributed by atoms with E-state index in [1.807, 2.05) is 81.4 Å². The zero-order valence-electron chi connectivity index (χ0n) is 19.2. The molecule has 2 aromatic rings. The number of para-hydroxylation sites is 1. The Bertz CT molecular complexity index is 871. The molecule has 0 radical (unpaired) electrons. The van der Waals surface area contributed by atoms with Gasteiger partial charge >= 0.3 is 12.0 Å². The minimum absolute atomic E-state index is 0.176. The Hall–Kier alpha value is -3.35. The number of nitrogens with zero attached hydrogens (tertiary/aromatic N) is 1. The maximum Gasteiger partial charge on any atom is 0.328 e. The molecule has 0 aliphatic rings. The van der Waals surface area contributed by atoms with Crippen LogP contribution in [0.3, 0.4) is 0 Å². The zero-order valence-corrected chi connectivity index (χ0v) is 19.2. The van der Waals surface area contributed by atoms with Crippen molar-refractivity contribution < 1.29 is 19.1 Å².